The van der Waals surface area contributed by atoms with E-state index in [4.69, 9.17) is 0 Å². The lowest BCUT2D eigenvalue weighted by Gasteiger charge is -2.14. The van der Waals surface area contributed by atoms with Crippen molar-refractivity contribution in [3.05, 3.63) is 21.0 Å². The minimum absolute atomic E-state index is 0.0598. The number of aryl methyl sites for hydroxylation is 1. The molecule has 106 valence electrons. The zero-order valence-electron chi connectivity index (χ0n) is 11.5. The first kappa shape index (κ1) is 14.5. The molecule has 1 aliphatic rings. The number of nitrogens with one attached hydrogen (secondary N) is 1. The first-order valence-corrected chi connectivity index (χ1v) is 7.59. The van der Waals surface area contributed by atoms with Gasteiger partial charge in [-0.3, -0.25) is 4.79 Å². The van der Waals surface area contributed by atoms with Crippen molar-refractivity contribution < 1.29 is 0 Å². The SMILES string of the molecule is CCCn1ncc(NCC2CCN(C)C2)c(Br)c1=O. The molecule has 1 aliphatic heterocycles. The van der Waals surface area contributed by atoms with Crippen LogP contribution in [0.2, 0.25) is 0 Å². The summed E-state index contributed by atoms with van der Waals surface area (Å²) >= 11 is 3.38. The standard InChI is InChI=1S/C13H21BrN4O/c1-3-5-18-13(19)12(14)11(8-16-18)15-7-10-4-6-17(2)9-10/h8,10,15H,3-7,9H2,1-2H3. The number of nitrogens with zero attached hydrogens (tertiary/aromatic N) is 3. The molecular weight excluding hydrogens is 308 g/mol. The van der Waals surface area contributed by atoms with Crippen LogP contribution in [0.15, 0.2) is 15.5 Å². The third-order valence-electron chi connectivity index (χ3n) is 3.49. The average Bonchev–Trinajstić information content (AvgIpc) is 2.80. The minimum Gasteiger partial charge on any atom is -0.382 e. The maximum Gasteiger partial charge on any atom is 0.283 e. The Morgan fingerprint density at radius 2 is 2.37 bits per heavy atom. The van der Waals surface area contributed by atoms with Gasteiger partial charge in [0.05, 0.1) is 11.9 Å². The Kier molecular flexibility index (Phi) is 4.99. The second kappa shape index (κ2) is 6.52. The van der Waals surface area contributed by atoms with Crippen molar-refractivity contribution in [1.82, 2.24) is 14.7 Å². The number of aromatic nitrogens is 2. The summed E-state index contributed by atoms with van der Waals surface area (Å²) in [5.74, 6) is 0.648. The Bertz CT molecular complexity index is 488. The lowest BCUT2D eigenvalue weighted by Crippen LogP contribution is -2.25. The number of hydrogen-bond acceptors (Lipinski definition) is 4. The third kappa shape index (κ3) is 3.57. The van der Waals surface area contributed by atoms with Crippen LogP contribution in [0.1, 0.15) is 19.8 Å². The van der Waals surface area contributed by atoms with E-state index in [1.54, 1.807) is 6.20 Å². The minimum atomic E-state index is -0.0598. The van der Waals surface area contributed by atoms with E-state index in [0.29, 0.717) is 16.9 Å². The Hall–Kier alpha value is -0.880. The molecule has 1 aromatic heterocycles. The summed E-state index contributed by atoms with van der Waals surface area (Å²) in [5, 5.41) is 7.53. The van der Waals surface area contributed by atoms with Crippen molar-refractivity contribution in [2.75, 3.05) is 32.0 Å². The summed E-state index contributed by atoms with van der Waals surface area (Å²) < 4.78 is 2.08. The molecule has 19 heavy (non-hydrogen) atoms. The van der Waals surface area contributed by atoms with Gasteiger partial charge in [-0.25, -0.2) is 4.68 Å². The molecule has 0 saturated carbocycles. The van der Waals surface area contributed by atoms with Crippen molar-refractivity contribution in [3.63, 3.8) is 0 Å². The van der Waals surface area contributed by atoms with Gasteiger partial charge in [-0.2, -0.15) is 5.10 Å². The van der Waals surface area contributed by atoms with E-state index in [0.717, 1.165) is 31.7 Å². The first-order valence-electron chi connectivity index (χ1n) is 6.79. The van der Waals surface area contributed by atoms with Crippen molar-refractivity contribution >= 4 is 21.6 Å². The second-order valence-electron chi connectivity index (χ2n) is 5.20. The van der Waals surface area contributed by atoms with Crippen LogP contribution < -0.4 is 10.9 Å². The molecular formula is C13H21BrN4O. The van der Waals surface area contributed by atoms with Crippen LogP contribution in [0.25, 0.3) is 0 Å². The molecule has 1 N–H and O–H groups in total. The van der Waals surface area contributed by atoms with Crippen LogP contribution in [0.5, 0.6) is 0 Å². The lowest BCUT2D eigenvalue weighted by molar-refractivity contribution is 0.399. The molecule has 2 rings (SSSR count). The normalized spacial score (nSPS) is 19.8. The topological polar surface area (TPSA) is 50.2 Å². The van der Waals surface area contributed by atoms with Gasteiger partial charge in [-0.1, -0.05) is 6.92 Å². The van der Waals surface area contributed by atoms with E-state index in [-0.39, 0.29) is 5.56 Å². The Morgan fingerprint density at radius 1 is 1.58 bits per heavy atom. The van der Waals surface area contributed by atoms with E-state index < -0.39 is 0 Å². The van der Waals surface area contributed by atoms with Gasteiger partial charge in [-0.15, -0.1) is 0 Å². The highest BCUT2D eigenvalue weighted by atomic mass is 79.9. The largest absolute Gasteiger partial charge is 0.382 e. The number of anilines is 1. The lowest BCUT2D eigenvalue weighted by atomic mass is 10.1. The highest BCUT2D eigenvalue weighted by molar-refractivity contribution is 9.10. The molecule has 1 unspecified atom stereocenters. The number of hydrogen-bond donors (Lipinski definition) is 1. The Labute approximate surface area is 122 Å². The van der Waals surface area contributed by atoms with E-state index in [2.05, 4.69) is 38.3 Å². The molecule has 2 heterocycles. The second-order valence-corrected chi connectivity index (χ2v) is 5.99. The van der Waals surface area contributed by atoms with Crippen LogP contribution in [0.4, 0.5) is 5.69 Å². The molecule has 0 aromatic carbocycles. The van der Waals surface area contributed by atoms with E-state index in [1.807, 2.05) is 6.92 Å². The average molecular weight is 329 g/mol. The number of halogens is 1. The molecule has 0 amide bonds. The van der Waals surface area contributed by atoms with E-state index in [1.165, 1.54) is 11.1 Å². The van der Waals surface area contributed by atoms with Gasteiger partial charge in [0.1, 0.15) is 4.47 Å². The molecule has 1 fully saturated rings. The molecule has 5 nitrogen and oxygen atoms in total. The van der Waals surface area contributed by atoms with Crippen molar-refractivity contribution in [1.29, 1.82) is 0 Å². The molecule has 0 bridgehead atoms. The fourth-order valence-corrected chi connectivity index (χ4v) is 2.85. The van der Waals surface area contributed by atoms with E-state index >= 15 is 0 Å². The van der Waals surface area contributed by atoms with Gasteiger partial charge >= 0.3 is 0 Å². The van der Waals surface area contributed by atoms with Gasteiger partial charge in [0.2, 0.25) is 0 Å². The van der Waals surface area contributed by atoms with Gasteiger partial charge in [0.25, 0.3) is 5.56 Å². The Morgan fingerprint density at radius 3 is 3.00 bits per heavy atom. The summed E-state index contributed by atoms with van der Waals surface area (Å²) in [6, 6.07) is 0. The van der Waals surface area contributed by atoms with Crippen LogP contribution in [0, 0.1) is 5.92 Å². The quantitative estimate of drug-likeness (QED) is 0.895. The Balaban J connectivity index is 2.01. The monoisotopic (exact) mass is 328 g/mol. The number of likely N-dealkylation sites (tertiary alicyclic amines) is 1. The molecule has 0 aliphatic carbocycles. The summed E-state index contributed by atoms with van der Waals surface area (Å²) in [6.07, 6.45) is 3.85. The van der Waals surface area contributed by atoms with Crippen molar-refractivity contribution in [2.45, 2.75) is 26.3 Å². The van der Waals surface area contributed by atoms with Crippen LogP contribution >= 0.6 is 15.9 Å². The zero-order valence-corrected chi connectivity index (χ0v) is 13.1. The molecule has 0 radical (unpaired) electrons. The van der Waals surface area contributed by atoms with Gasteiger partial charge in [-0.05, 0) is 48.3 Å². The van der Waals surface area contributed by atoms with Crippen LogP contribution in [-0.2, 0) is 6.54 Å². The summed E-state index contributed by atoms with van der Waals surface area (Å²) in [4.78, 5) is 14.4. The van der Waals surface area contributed by atoms with Gasteiger partial charge in [0, 0.05) is 19.6 Å². The first-order chi connectivity index (χ1) is 9.11. The fraction of sp³-hybridized carbons (Fsp3) is 0.692. The van der Waals surface area contributed by atoms with Crippen molar-refractivity contribution in [2.24, 2.45) is 5.92 Å². The fourth-order valence-electron chi connectivity index (χ4n) is 2.41. The zero-order chi connectivity index (χ0) is 13.8. The maximum atomic E-state index is 12.0. The molecule has 0 spiro atoms. The summed E-state index contributed by atoms with van der Waals surface area (Å²) in [6.45, 7) is 5.85. The maximum absolute atomic E-state index is 12.0. The highest BCUT2D eigenvalue weighted by Gasteiger charge is 2.19. The van der Waals surface area contributed by atoms with Crippen LogP contribution in [0.3, 0.4) is 0 Å². The molecule has 1 aromatic rings. The predicted molar refractivity (Wildman–Crippen MR) is 80.6 cm³/mol. The predicted octanol–water partition coefficient (Wildman–Crippen LogP) is 1.78. The third-order valence-corrected chi connectivity index (χ3v) is 4.26. The van der Waals surface area contributed by atoms with Gasteiger partial charge in [0.15, 0.2) is 0 Å². The molecule has 1 atom stereocenters. The van der Waals surface area contributed by atoms with Crippen LogP contribution in [-0.4, -0.2) is 41.4 Å². The molecule has 6 heteroatoms. The summed E-state index contributed by atoms with van der Waals surface area (Å²) in [7, 11) is 2.14. The van der Waals surface area contributed by atoms with Gasteiger partial charge < -0.3 is 10.2 Å². The smallest absolute Gasteiger partial charge is 0.283 e. The number of rotatable bonds is 5. The van der Waals surface area contributed by atoms with Crippen molar-refractivity contribution in [3.8, 4) is 0 Å². The van der Waals surface area contributed by atoms with E-state index in [9.17, 15) is 4.79 Å². The summed E-state index contributed by atoms with van der Waals surface area (Å²) in [5.41, 5.74) is 0.738. The highest BCUT2D eigenvalue weighted by Crippen LogP contribution is 2.19. The molecule has 1 saturated heterocycles.